The Morgan fingerprint density at radius 2 is 1.73 bits per heavy atom. The van der Waals surface area contributed by atoms with Gasteiger partial charge in [0, 0.05) is 10.7 Å². The summed E-state index contributed by atoms with van der Waals surface area (Å²) in [5.74, 6) is 0. The molecule has 0 aromatic rings. The molecule has 1 nitrogen and oxygen atoms in total. The van der Waals surface area contributed by atoms with Crippen molar-refractivity contribution in [3.63, 3.8) is 0 Å². The molecule has 0 bridgehead atoms. The molecule has 0 saturated heterocycles. The molecule has 1 aliphatic rings. The summed E-state index contributed by atoms with van der Waals surface area (Å²) in [4.78, 5) is 0. The van der Waals surface area contributed by atoms with Crippen molar-refractivity contribution in [1.29, 1.82) is 0 Å². The maximum absolute atomic E-state index is 11.9. The fraction of sp³-hybridized carbons (Fsp3) is 1.00. The zero-order chi connectivity index (χ0) is 11.4. The highest BCUT2D eigenvalue weighted by molar-refractivity contribution is 9.09. The van der Waals surface area contributed by atoms with Crippen LogP contribution in [0.1, 0.15) is 32.1 Å². The fourth-order valence-corrected chi connectivity index (χ4v) is 2.72. The second kappa shape index (κ2) is 5.53. The molecule has 0 aromatic carbocycles. The summed E-state index contributed by atoms with van der Waals surface area (Å²) in [6, 6.07) is 0. The highest BCUT2D eigenvalue weighted by atomic mass is 79.9. The summed E-state index contributed by atoms with van der Waals surface area (Å²) >= 11 is 3.39. The van der Waals surface area contributed by atoms with Gasteiger partial charge in [0.25, 0.3) is 0 Å². The lowest BCUT2D eigenvalue weighted by Crippen LogP contribution is -2.33. The van der Waals surface area contributed by atoms with Crippen LogP contribution in [-0.2, 0) is 4.74 Å². The van der Waals surface area contributed by atoms with Gasteiger partial charge in [0.1, 0.15) is 6.61 Å². The molecule has 0 spiro atoms. The molecule has 1 saturated carbocycles. The van der Waals surface area contributed by atoms with Gasteiger partial charge < -0.3 is 4.74 Å². The molecular formula is C10H16BrF3O. The molecule has 0 unspecified atom stereocenters. The predicted molar refractivity (Wildman–Crippen MR) is 56.2 cm³/mol. The number of ether oxygens (including phenoxy) is 1. The van der Waals surface area contributed by atoms with Gasteiger partial charge in [0.15, 0.2) is 0 Å². The molecule has 15 heavy (non-hydrogen) atoms. The molecule has 5 heteroatoms. The Morgan fingerprint density at radius 1 is 1.13 bits per heavy atom. The lowest BCUT2D eigenvalue weighted by molar-refractivity contribution is -0.181. The molecule has 0 aromatic heterocycles. The van der Waals surface area contributed by atoms with Gasteiger partial charge >= 0.3 is 6.18 Å². The molecule has 0 aliphatic heterocycles. The third-order valence-corrected chi connectivity index (χ3v) is 4.06. The standard InChI is InChI=1S/C10H16BrF3O/c11-6-9(4-2-1-3-5-9)7-15-8-10(12,13)14/h1-8H2. The first-order valence-corrected chi connectivity index (χ1v) is 6.30. The highest BCUT2D eigenvalue weighted by Gasteiger charge is 2.34. The van der Waals surface area contributed by atoms with Gasteiger partial charge in [0.05, 0.1) is 6.61 Å². The van der Waals surface area contributed by atoms with Gasteiger partial charge in [-0.3, -0.25) is 0 Å². The first-order chi connectivity index (χ1) is 6.97. The summed E-state index contributed by atoms with van der Waals surface area (Å²) < 4.78 is 40.5. The molecular weight excluding hydrogens is 273 g/mol. The second-order valence-electron chi connectivity index (χ2n) is 4.30. The van der Waals surface area contributed by atoms with Crippen LogP contribution < -0.4 is 0 Å². The van der Waals surface area contributed by atoms with Gasteiger partial charge in [-0.1, -0.05) is 35.2 Å². The Morgan fingerprint density at radius 3 is 2.20 bits per heavy atom. The Labute approximate surface area is 96.5 Å². The molecule has 1 rings (SSSR count). The second-order valence-corrected chi connectivity index (χ2v) is 4.86. The summed E-state index contributed by atoms with van der Waals surface area (Å²) in [7, 11) is 0. The fourth-order valence-electron chi connectivity index (χ4n) is 2.00. The van der Waals surface area contributed by atoms with Crippen molar-refractivity contribution in [2.75, 3.05) is 18.5 Å². The van der Waals surface area contributed by atoms with Crippen LogP contribution in [0, 0.1) is 5.41 Å². The van der Waals surface area contributed by atoms with Gasteiger partial charge in [0.2, 0.25) is 0 Å². The summed E-state index contributed by atoms with van der Waals surface area (Å²) in [5, 5.41) is 0.734. The van der Waals surface area contributed by atoms with E-state index in [9.17, 15) is 13.2 Å². The van der Waals surface area contributed by atoms with E-state index < -0.39 is 12.8 Å². The van der Waals surface area contributed by atoms with E-state index in [0.29, 0.717) is 0 Å². The van der Waals surface area contributed by atoms with Crippen LogP contribution in [0.5, 0.6) is 0 Å². The Hall–Kier alpha value is 0.230. The summed E-state index contributed by atoms with van der Waals surface area (Å²) in [6.45, 7) is -0.903. The highest BCUT2D eigenvalue weighted by Crippen LogP contribution is 2.38. The third-order valence-electron chi connectivity index (χ3n) is 2.87. The summed E-state index contributed by atoms with van der Waals surface area (Å²) in [6.07, 6.45) is 1.12. The lowest BCUT2D eigenvalue weighted by Gasteiger charge is -2.35. The van der Waals surface area contributed by atoms with Crippen molar-refractivity contribution in [2.45, 2.75) is 38.3 Å². The zero-order valence-corrected chi connectivity index (χ0v) is 10.2. The molecule has 1 fully saturated rings. The SMILES string of the molecule is FC(F)(F)COCC1(CBr)CCCCC1. The van der Waals surface area contributed by atoms with Crippen LogP contribution in [-0.4, -0.2) is 24.7 Å². The Balaban J connectivity index is 2.33. The Kier molecular flexibility index (Phi) is 4.90. The van der Waals surface area contributed by atoms with Crippen molar-refractivity contribution < 1.29 is 17.9 Å². The quantitative estimate of drug-likeness (QED) is 0.713. The molecule has 0 radical (unpaired) electrons. The topological polar surface area (TPSA) is 9.23 Å². The third kappa shape index (κ3) is 4.72. The maximum atomic E-state index is 11.9. The normalized spacial score (nSPS) is 21.6. The number of rotatable bonds is 4. The van der Waals surface area contributed by atoms with E-state index in [4.69, 9.17) is 4.74 Å². The largest absolute Gasteiger partial charge is 0.411 e. The van der Waals surface area contributed by atoms with E-state index in [1.165, 1.54) is 6.42 Å². The van der Waals surface area contributed by atoms with Crippen LogP contribution in [0.4, 0.5) is 13.2 Å². The maximum Gasteiger partial charge on any atom is 0.411 e. The van der Waals surface area contributed by atoms with E-state index in [2.05, 4.69) is 15.9 Å². The van der Waals surface area contributed by atoms with Gasteiger partial charge in [-0.25, -0.2) is 0 Å². The van der Waals surface area contributed by atoms with Crippen LogP contribution in [0.3, 0.4) is 0 Å². The van der Waals surface area contributed by atoms with E-state index in [1.54, 1.807) is 0 Å². The van der Waals surface area contributed by atoms with Crippen LogP contribution in [0.2, 0.25) is 0 Å². The first-order valence-electron chi connectivity index (χ1n) is 5.18. The summed E-state index contributed by atoms with van der Waals surface area (Å²) in [5.41, 5.74) is -0.0660. The van der Waals surface area contributed by atoms with Crippen molar-refractivity contribution in [2.24, 2.45) is 5.41 Å². The van der Waals surface area contributed by atoms with Gasteiger partial charge in [-0.15, -0.1) is 0 Å². The minimum atomic E-state index is -4.21. The van der Waals surface area contributed by atoms with Crippen LogP contribution in [0.15, 0.2) is 0 Å². The smallest absolute Gasteiger partial charge is 0.371 e. The number of hydrogen-bond donors (Lipinski definition) is 0. The first kappa shape index (κ1) is 13.3. The zero-order valence-electron chi connectivity index (χ0n) is 8.58. The lowest BCUT2D eigenvalue weighted by atomic mass is 9.76. The molecule has 0 atom stereocenters. The van der Waals surface area contributed by atoms with E-state index in [-0.39, 0.29) is 12.0 Å². The van der Waals surface area contributed by atoms with Crippen LogP contribution in [0.25, 0.3) is 0 Å². The van der Waals surface area contributed by atoms with E-state index in [0.717, 1.165) is 31.0 Å². The molecule has 1 aliphatic carbocycles. The molecule has 90 valence electrons. The van der Waals surface area contributed by atoms with Gasteiger partial charge in [-0.05, 0) is 12.8 Å². The molecule has 0 N–H and O–H groups in total. The number of hydrogen-bond acceptors (Lipinski definition) is 1. The van der Waals surface area contributed by atoms with Crippen LogP contribution >= 0.6 is 15.9 Å². The molecule has 0 heterocycles. The molecule has 0 amide bonds. The number of alkyl halides is 4. The van der Waals surface area contributed by atoms with E-state index in [1.807, 2.05) is 0 Å². The van der Waals surface area contributed by atoms with E-state index >= 15 is 0 Å². The van der Waals surface area contributed by atoms with Crippen molar-refractivity contribution >= 4 is 15.9 Å². The van der Waals surface area contributed by atoms with Crippen molar-refractivity contribution in [3.8, 4) is 0 Å². The Bertz CT molecular complexity index is 188. The predicted octanol–water partition coefficient (Wildman–Crippen LogP) is 3.91. The number of halogens is 4. The average molecular weight is 289 g/mol. The van der Waals surface area contributed by atoms with Crippen molar-refractivity contribution in [1.82, 2.24) is 0 Å². The van der Waals surface area contributed by atoms with Gasteiger partial charge in [-0.2, -0.15) is 13.2 Å². The minimum Gasteiger partial charge on any atom is -0.371 e. The average Bonchev–Trinajstić information content (AvgIpc) is 2.17. The minimum absolute atomic E-state index is 0.0660. The monoisotopic (exact) mass is 288 g/mol. The van der Waals surface area contributed by atoms with Crippen molar-refractivity contribution in [3.05, 3.63) is 0 Å².